The standard InChI is InChI=1S/C13H11BrO3/c1-7(2)17-13-10(11(15)12(13)16)8-5-3-4-6-9(8)14/h3-7H,1-2H3. The van der Waals surface area contributed by atoms with Gasteiger partial charge in [0.15, 0.2) is 5.75 Å². The summed E-state index contributed by atoms with van der Waals surface area (Å²) in [6, 6.07) is 7.27. The van der Waals surface area contributed by atoms with Gasteiger partial charge < -0.3 is 4.74 Å². The number of benzene rings is 1. The summed E-state index contributed by atoms with van der Waals surface area (Å²) < 4.78 is 6.16. The van der Waals surface area contributed by atoms with Crippen molar-refractivity contribution >= 4 is 15.9 Å². The van der Waals surface area contributed by atoms with E-state index < -0.39 is 10.9 Å². The van der Waals surface area contributed by atoms with E-state index in [1.54, 1.807) is 6.07 Å². The van der Waals surface area contributed by atoms with Crippen LogP contribution in [0, 0.1) is 0 Å². The molecule has 0 spiro atoms. The molecular weight excluding hydrogens is 284 g/mol. The zero-order valence-corrected chi connectivity index (χ0v) is 11.1. The summed E-state index contributed by atoms with van der Waals surface area (Å²) in [6.45, 7) is 3.64. The third kappa shape index (κ3) is 2.05. The molecule has 2 rings (SSSR count). The molecule has 0 heterocycles. The minimum Gasteiger partial charge on any atom is -0.486 e. The number of ether oxygens (including phenoxy) is 1. The smallest absolute Gasteiger partial charge is 0.268 e. The van der Waals surface area contributed by atoms with Crippen LogP contribution in [0.5, 0.6) is 5.75 Å². The molecule has 0 bridgehead atoms. The molecular formula is C13H11BrO3. The molecule has 2 aromatic rings. The van der Waals surface area contributed by atoms with Gasteiger partial charge in [-0.25, -0.2) is 0 Å². The molecule has 4 heteroatoms. The van der Waals surface area contributed by atoms with E-state index in [1.165, 1.54) is 0 Å². The highest BCUT2D eigenvalue weighted by atomic mass is 79.9. The highest BCUT2D eigenvalue weighted by Gasteiger charge is 2.25. The molecule has 3 nitrogen and oxygen atoms in total. The summed E-state index contributed by atoms with van der Waals surface area (Å²) in [5.41, 5.74) is 0.0564. The molecule has 0 aliphatic rings. The third-order valence-corrected chi connectivity index (χ3v) is 3.05. The molecule has 0 aliphatic heterocycles. The summed E-state index contributed by atoms with van der Waals surface area (Å²) in [5, 5.41) is 0. The van der Waals surface area contributed by atoms with Crippen molar-refractivity contribution in [1.29, 1.82) is 0 Å². The van der Waals surface area contributed by atoms with Crippen LogP contribution in [0.3, 0.4) is 0 Å². The quantitative estimate of drug-likeness (QED) is 0.817. The second kappa shape index (κ2) is 4.45. The van der Waals surface area contributed by atoms with Gasteiger partial charge in [0, 0.05) is 10.0 Å². The molecule has 0 radical (unpaired) electrons. The average molecular weight is 295 g/mol. The van der Waals surface area contributed by atoms with Gasteiger partial charge in [-0.2, -0.15) is 0 Å². The Morgan fingerprint density at radius 3 is 2.35 bits per heavy atom. The lowest BCUT2D eigenvalue weighted by Gasteiger charge is -2.15. The molecule has 0 atom stereocenters. The van der Waals surface area contributed by atoms with E-state index in [2.05, 4.69) is 15.9 Å². The van der Waals surface area contributed by atoms with E-state index in [1.807, 2.05) is 32.0 Å². The lowest BCUT2D eigenvalue weighted by molar-refractivity contribution is 0.238. The van der Waals surface area contributed by atoms with E-state index in [0.29, 0.717) is 11.1 Å². The zero-order chi connectivity index (χ0) is 12.6. The van der Waals surface area contributed by atoms with Gasteiger partial charge in [-0.3, -0.25) is 9.59 Å². The van der Waals surface area contributed by atoms with E-state index in [0.717, 1.165) is 4.47 Å². The van der Waals surface area contributed by atoms with Crippen LogP contribution in [0.2, 0.25) is 0 Å². The molecule has 17 heavy (non-hydrogen) atoms. The number of halogens is 1. The molecule has 0 aromatic heterocycles. The fourth-order valence-corrected chi connectivity index (χ4v) is 2.11. The van der Waals surface area contributed by atoms with Crippen molar-refractivity contribution in [2.24, 2.45) is 0 Å². The largest absolute Gasteiger partial charge is 0.486 e. The van der Waals surface area contributed by atoms with Crippen molar-refractivity contribution < 1.29 is 4.74 Å². The molecule has 88 valence electrons. The topological polar surface area (TPSA) is 43.4 Å². The van der Waals surface area contributed by atoms with Crippen molar-refractivity contribution in [3.8, 4) is 16.9 Å². The van der Waals surface area contributed by atoms with Crippen molar-refractivity contribution in [2.75, 3.05) is 0 Å². The van der Waals surface area contributed by atoms with Crippen LogP contribution < -0.4 is 15.6 Å². The molecule has 0 fully saturated rings. The minimum atomic E-state index is -0.538. The number of rotatable bonds is 3. The van der Waals surface area contributed by atoms with Crippen molar-refractivity contribution in [1.82, 2.24) is 0 Å². The van der Waals surface area contributed by atoms with Crippen LogP contribution in [0.1, 0.15) is 13.8 Å². The Morgan fingerprint density at radius 1 is 1.12 bits per heavy atom. The Morgan fingerprint density at radius 2 is 1.76 bits per heavy atom. The first-order valence-electron chi connectivity index (χ1n) is 5.27. The van der Waals surface area contributed by atoms with Gasteiger partial charge in [-0.1, -0.05) is 34.1 Å². The Balaban J connectivity index is 2.54. The Hall–Kier alpha value is -1.42. The number of hydrogen-bond donors (Lipinski definition) is 0. The van der Waals surface area contributed by atoms with E-state index in [9.17, 15) is 9.59 Å². The molecule has 0 unspecified atom stereocenters. The maximum absolute atomic E-state index is 11.6. The van der Waals surface area contributed by atoms with Gasteiger partial charge in [0.25, 0.3) is 5.43 Å². The molecule has 0 saturated heterocycles. The second-order valence-corrected chi connectivity index (χ2v) is 4.86. The maximum atomic E-state index is 11.6. The van der Waals surface area contributed by atoms with Gasteiger partial charge in [0.2, 0.25) is 5.43 Å². The van der Waals surface area contributed by atoms with Crippen LogP contribution in [0.4, 0.5) is 0 Å². The maximum Gasteiger partial charge on any atom is 0.268 e. The first kappa shape index (κ1) is 12.0. The lowest BCUT2D eigenvalue weighted by Crippen LogP contribution is -2.35. The summed E-state index contributed by atoms with van der Waals surface area (Å²) in [4.78, 5) is 23.0. The minimum absolute atomic E-state index is 0.125. The highest BCUT2D eigenvalue weighted by molar-refractivity contribution is 9.10. The first-order valence-corrected chi connectivity index (χ1v) is 6.06. The molecule has 0 N–H and O–H groups in total. The summed E-state index contributed by atoms with van der Waals surface area (Å²) in [7, 11) is 0. The van der Waals surface area contributed by atoms with Crippen LogP contribution in [0.15, 0.2) is 38.3 Å². The second-order valence-electron chi connectivity index (χ2n) is 4.01. The zero-order valence-electron chi connectivity index (χ0n) is 9.49. The van der Waals surface area contributed by atoms with Crippen molar-refractivity contribution in [3.63, 3.8) is 0 Å². The van der Waals surface area contributed by atoms with Crippen molar-refractivity contribution in [2.45, 2.75) is 20.0 Å². The molecule has 0 aliphatic carbocycles. The molecule has 0 amide bonds. The predicted molar refractivity (Wildman–Crippen MR) is 70.3 cm³/mol. The fourth-order valence-electron chi connectivity index (χ4n) is 1.63. The third-order valence-electron chi connectivity index (χ3n) is 2.36. The lowest BCUT2D eigenvalue weighted by atomic mass is 10.00. The molecule has 2 aromatic carbocycles. The Bertz CT molecular complexity index is 622. The fraction of sp³-hybridized carbons (Fsp3) is 0.231. The highest BCUT2D eigenvalue weighted by Crippen LogP contribution is 2.31. The van der Waals surface area contributed by atoms with Gasteiger partial charge in [0.05, 0.1) is 11.7 Å². The van der Waals surface area contributed by atoms with Crippen molar-refractivity contribution in [3.05, 3.63) is 49.2 Å². The number of hydrogen-bond acceptors (Lipinski definition) is 3. The average Bonchev–Trinajstić information content (AvgIpc) is 2.30. The van der Waals surface area contributed by atoms with Gasteiger partial charge >= 0.3 is 0 Å². The monoisotopic (exact) mass is 294 g/mol. The predicted octanol–water partition coefficient (Wildman–Crippen LogP) is 2.50. The van der Waals surface area contributed by atoms with Crippen LogP contribution >= 0.6 is 15.9 Å². The summed E-state index contributed by atoms with van der Waals surface area (Å²) in [6.07, 6.45) is -0.125. The van der Waals surface area contributed by atoms with Gasteiger partial charge in [-0.05, 0) is 19.9 Å². The van der Waals surface area contributed by atoms with Crippen LogP contribution in [-0.2, 0) is 0 Å². The molecule has 0 saturated carbocycles. The first-order chi connectivity index (χ1) is 8.02. The normalized spacial score (nSPS) is 11.1. The summed E-state index contributed by atoms with van der Waals surface area (Å²) >= 11 is 3.36. The Labute approximate surface area is 107 Å². The van der Waals surface area contributed by atoms with Gasteiger partial charge in [-0.15, -0.1) is 0 Å². The van der Waals surface area contributed by atoms with Gasteiger partial charge in [0.1, 0.15) is 0 Å². The van der Waals surface area contributed by atoms with Crippen LogP contribution in [-0.4, -0.2) is 6.10 Å². The SMILES string of the molecule is CC(C)Oc1c(-c2ccccc2Br)c(=O)c1=O. The van der Waals surface area contributed by atoms with E-state index in [4.69, 9.17) is 4.74 Å². The van der Waals surface area contributed by atoms with Crippen LogP contribution in [0.25, 0.3) is 11.1 Å². The van der Waals surface area contributed by atoms with E-state index >= 15 is 0 Å². The summed E-state index contributed by atoms with van der Waals surface area (Å²) in [5.74, 6) is 0.178. The van der Waals surface area contributed by atoms with E-state index in [-0.39, 0.29) is 11.9 Å². The Kier molecular flexibility index (Phi) is 3.15.